The van der Waals surface area contributed by atoms with E-state index in [1.807, 2.05) is 26.2 Å². The number of nitrogens with zero attached hydrogens (tertiary/aromatic N) is 4. The topological polar surface area (TPSA) is 82.8 Å². The van der Waals surface area contributed by atoms with Gasteiger partial charge in [0.2, 0.25) is 11.7 Å². The van der Waals surface area contributed by atoms with E-state index in [2.05, 4.69) is 22.2 Å². The van der Waals surface area contributed by atoms with Gasteiger partial charge in [0, 0.05) is 19.3 Å². The van der Waals surface area contributed by atoms with Gasteiger partial charge in [-0.15, -0.1) is 0 Å². The predicted molar refractivity (Wildman–Crippen MR) is 63.2 cm³/mol. The Morgan fingerprint density at radius 2 is 2.29 bits per heavy atom. The molecular formula is C11H17N5O. The van der Waals surface area contributed by atoms with Crippen LogP contribution in [0.2, 0.25) is 0 Å². The molecular weight excluding hydrogens is 218 g/mol. The summed E-state index contributed by atoms with van der Waals surface area (Å²) >= 11 is 0. The van der Waals surface area contributed by atoms with Gasteiger partial charge in [-0.25, -0.2) is 0 Å². The molecule has 2 aromatic heterocycles. The van der Waals surface area contributed by atoms with Gasteiger partial charge in [-0.1, -0.05) is 12.1 Å². The highest BCUT2D eigenvalue weighted by Gasteiger charge is 2.21. The van der Waals surface area contributed by atoms with Crippen LogP contribution in [-0.2, 0) is 7.05 Å². The van der Waals surface area contributed by atoms with Crippen LogP contribution in [0, 0.1) is 0 Å². The molecule has 0 aliphatic carbocycles. The minimum absolute atomic E-state index is 0.00275. The van der Waals surface area contributed by atoms with Crippen molar-refractivity contribution < 1.29 is 4.52 Å². The SMILES string of the molecule is CCC(c1nc(-c2ccn(C)n2)no1)C(C)N. The van der Waals surface area contributed by atoms with E-state index in [1.54, 1.807) is 4.68 Å². The number of rotatable bonds is 4. The van der Waals surface area contributed by atoms with Crippen LogP contribution < -0.4 is 5.73 Å². The molecule has 2 aromatic rings. The second-order valence-corrected chi connectivity index (χ2v) is 4.20. The molecule has 2 N–H and O–H groups in total. The molecule has 0 aromatic carbocycles. The number of aromatic nitrogens is 4. The van der Waals surface area contributed by atoms with Gasteiger partial charge in [-0.2, -0.15) is 10.1 Å². The highest BCUT2D eigenvalue weighted by Crippen LogP contribution is 2.22. The molecule has 2 heterocycles. The quantitative estimate of drug-likeness (QED) is 0.863. The summed E-state index contributed by atoms with van der Waals surface area (Å²) in [6, 6.07) is 1.85. The molecule has 0 saturated carbocycles. The Morgan fingerprint density at radius 1 is 1.53 bits per heavy atom. The molecule has 17 heavy (non-hydrogen) atoms. The van der Waals surface area contributed by atoms with Crippen molar-refractivity contribution in [3.8, 4) is 11.5 Å². The van der Waals surface area contributed by atoms with Crippen molar-refractivity contribution >= 4 is 0 Å². The first-order valence-electron chi connectivity index (χ1n) is 5.71. The number of hydrogen-bond acceptors (Lipinski definition) is 5. The Hall–Kier alpha value is -1.69. The summed E-state index contributed by atoms with van der Waals surface area (Å²) in [5, 5.41) is 8.16. The minimum atomic E-state index is -0.00275. The second kappa shape index (κ2) is 4.67. The average Bonchev–Trinajstić information content (AvgIpc) is 2.87. The fourth-order valence-corrected chi connectivity index (χ4v) is 1.80. The Kier molecular flexibility index (Phi) is 3.23. The molecule has 2 atom stereocenters. The van der Waals surface area contributed by atoms with E-state index in [0.717, 1.165) is 6.42 Å². The van der Waals surface area contributed by atoms with Crippen molar-refractivity contribution in [3.05, 3.63) is 18.2 Å². The van der Waals surface area contributed by atoms with Crippen LogP contribution in [0.4, 0.5) is 0 Å². The first-order valence-corrected chi connectivity index (χ1v) is 5.71. The molecule has 0 saturated heterocycles. The predicted octanol–water partition coefficient (Wildman–Crippen LogP) is 1.31. The van der Waals surface area contributed by atoms with E-state index in [9.17, 15) is 0 Å². The highest BCUT2D eigenvalue weighted by atomic mass is 16.5. The highest BCUT2D eigenvalue weighted by molar-refractivity contribution is 5.46. The van der Waals surface area contributed by atoms with Crippen molar-refractivity contribution in [3.63, 3.8) is 0 Å². The van der Waals surface area contributed by atoms with Gasteiger partial charge in [-0.05, 0) is 19.4 Å². The molecule has 0 amide bonds. The number of aryl methyl sites for hydroxylation is 1. The molecule has 2 unspecified atom stereocenters. The number of nitrogens with two attached hydrogens (primary N) is 1. The molecule has 92 valence electrons. The fourth-order valence-electron chi connectivity index (χ4n) is 1.80. The van der Waals surface area contributed by atoms with Crippen LogP contribution in [0.5, 0.6) is 0 Å². The summed E-state index contributed by atoms with van der Waals surface area (Å²) in [4.78, 5) is 4.35. The zero-order valence-electron chi connectivity index (χ0n) is 10.3. The number of hydrogen-bond donors (Lipinski definition) is 1. The van der Waals surface area contributed by atoms with Crippen LogP contribution in [0.3, 0.4) is 0 Å². The molecule has 0 aliphatic rings. The summed E-state index contributed by atoms with van der Waals surface area (Å²) in [5.41, 5.74) is 6.59. The smallest absolute Gasteiger partial charge is 0.231 e. The monoisotopic (exact) mass is 235 g/mol. The van der Waals surface area contributed by atoms with Crippen molar-refractivity contribution in [2.75, 3.05) is 0 Å². The third kappa shape index (κ3) is 2.36. The summed E-state index contributed by atoms with van der Waals surface area (Å²) in [6.07, 6.45) is 2.72. The van der Waals surface area contributed by atoms with Gasteiger partial charge in [0.05, 0.1) is 5.92 Å². The maximum Gasteiger partial charge on any atom is 0.231 e. The Bertz CT molecular complexity index is 488. The second-order valence-electron chi connectivity index (χ2n) is 4.20. The zero-order valence-corrected chi connectivity index (χ0v) is 10.3. The average molecular weight is 235 g/mol. The third-order valence-electron chi connectivity index (χ3n) is 2.78. The minimum Gasteiger partial charge on any atom is -0.339 e. The van der Waals surface area contributed by atoms with Gasteiger partial charge in [0.25, 0.3) is 0 Å². The summed E-state index contributed by atoms with van der Waals surface area (Å²) in [5.74, 6) is 1.20. The fraction of sp³-hybridized carbons (Fsp3) is 0.545. The standard InChI is InChI=1S/C11H17N5O/c1-4-8(7(2)12)11-13-10(15-17-11)9-5-6-16(3)14-9/h5-8H,4,12H2,1-3H3. The van der Waals surface area contributed by atoms with Crippen LogP contribution in [0.25, 0.3) is 11.5 Å². The molecule has 0 radical (unpaired) electrons. The van der Waals surface area contributed by atoms with Crippen LogP contribution in [-0.4, -0.2) is 26.0 Å². The molecule has 2 rings (SSSR count). The van der Waals surface area contributed by atoms with Crippen LogP contribution in [0.1, 0.15) is 32.1 Å². The lowest BCUT2D eigenvalue weighted by Crippen LogP contribution is -2.24. The van der Waals surface area contributed by atoms with E-state index in [-0.39, 0.29) is 12.0 Å². The van der Waals surface area contributed by atoms with Gasteiger partial charge in [0.15, 0.2) is 0 Å². The summed E-state index contributed by atoms with van der Waals surface area (Å²) in [6.45, 7) is 4.00. The van der Waals surface area contributed by atoms with E-state index in [0.29, 0.717) is 17.4 Å². The molecule has 6 heteroatoms. The maximum absolute atomic E-state index is 5.88. The Morgan fingerprint density at radius 3 is 2.82 bits per heavy atom. The molecule has 0 fully saturated rings. The summed E-state index contributed by atoms with van der Waals surface area (Å²) < 4.78 is 6.95. The van der Waals surface area contributed by atoms with Crippen molar-refractivity contribution in [2.45, 2.75) is 32.2 Å². The molecule has 6 nitrogen and oxygen atoms in total. The largest absolute Gasteiger partial charge is 0.339 e. The third-order valence-corrected chi connectivity index (χ3v) is 2.78. The van der Waals surface area contributed by atoms with E-state index in [1.165, 1.54) is 0 Å². The van der Waals surface area contributed by atoms with Gasteiger partial charge in [0.1, 0.15) is 5.69 Å². The lowest BCUT2D eigenvalue weighted by atomic mass is 9.99. The lowest BCUT2D eigenvalue weighted by Gasteiger charge is -2.13. The first kappa shape index (κ1) is 11.8. The van der Waals surface area contributed by atoms with E-state index < -0.39 is 0 Å². The molecule has 0 spiro atoms. The first-order chi connectivity index (χ1) is 8.11. The van der Waals surface area contributed by atoms with Crippen molar-refractivity contribution in [1.82, 2.24) is 19.9 Å². The molecule has 0 bridgehead atoms. The van der Waals surface area contributed by atoms with Gasteiger partial charge in [-0.3, -0.25) is 4.68 Å². The summed E-state index contributed by atoms with van der Waals surface area (Å²) in [7, 11) is 1.85. The van der Waals surface area contributed by atoms with Crippen LogP contribution in [0.15, 0.2) is 16.8 Å². The van der Waals surface area contributed by atoms with Crippen LogP contribution >= 0.6 is 0 Å². The van der Waals surface area contributed by atoms with Crippen molar-refractivity contribution in [2.24, 2.45) is 12.8 Å². The Labute approximate surface area is 99.8 Å². The van der Waals surface area contributed by atoms with Gasteiger partial charge < -0.3 is 10.3 Å². The van der Waals surface area contributed by atoms with Crippen molar-refractivity contribution in [1.29, 1.82) is 0 Å². The van der Waals surface area contributed by atoms with Gasteiger partial charge >= 0.3 is 0 Å². The molecule has 0 aliphatic heterocycles. The van der Waals surface area contributed by atoms with E-state index >= 15 is 0 Å². The Balaban J connectivity index is 2.26. The van der Waals surface area contributed by atoms with E-state index in [4.69, 9.17) is 10.3 Å². The normalized spacial score (nSPS) is 14.8. The zero-order chi connectivity index (χ0) is 12.4. The lowest BCUT2D eigenvalue weighted by molar-refractivity contribution is 0.334. The maximum atomic E-state index is 5.88.